The lowest BCUT2D eigenvalue weighted by molar-refractivity contribution is -0.159. The molecule has 0 spiro atoms. The number of fused-ring (bicyclic) bond motifs is 1. The number of thiophene rings is 1. The fourth-order valence-electron chi connectivity index (χ4n) is 3.57. The Morgan fingerprint density at radius 3 is 2.85 bits per heavy atom. The van der Waals surface area contributed by atoms with Gasteiger partial charge in [0.2, 0.25) is 11.7 Å². The number of nitrogens with one attached hydrogen (secondary N) is 1. The van der Waals surface area contributed by atoms with Crippen LogP contribution in [-0.4, -0.2) is 40.1 Å². The second-order valence-corrected chi connectivity index (χ2v) is 8.04. The summed E-state index contributed by atoms with van der Waals surface area (Å²) >= 11 is 1.35. The van der Waals surface area contributed by atoms with E-state index in [1.807, 2.05) is 0 Å². The largest absolute Gasteiger partial charge is 0.471 e. The van der Waals surface area contributed by atoms with Gasteiger partial charge in [0.15, 0.2) is 0 Å². The number of amides is 1. The normalized spacial score (nSPS) is 18.1. The number of rotatable bonds is 4. The highest BCUT2D eigenvalue weighted by molar-refractivity contribution is 7.15. The predicted molar refractivity (Wildman–Crippen MR) is 92.0 cm³/mol. The third-order valence-corrected chi connectivity index (χ3v) is 6.24. The molecule has 2 aromatic heterocycles. The maximum Gasteiger partial charge on any atom is 0.471 e. The molecule has 0 aromatic carbocycles. The summed E-state index contributed by atoms with van der Waals surface area (Å²) < 4.78 is 42.2. The maximum absolute atomic E-state index is 12.6. The number of alkyl halides is 3. The number of halogens is 3. The van der Waals surface area contributed by atoms with Gasteiger partial charge in [0.1, 0.15) is 0 Å². The van der Waals surface area contributed by atoms with Crippen LogP contribution in [0.3, 0.4) is 0 Å². The average Bonchev–Trinajstić information content (AvgIpc) is 3.38. The fraction of sp³-hybridized carbons (Fsp3) is 0.588. The van der Waals surface area contributed by atoms with Crippen LogP contribution in [0.5, 0.6) is 0 Å². The fourth-order valence-corrected chi connectivity index (χ4v) is 4.66. The van der Waals surface area contributed by atoms with E-state index < -0.39 is 12.1 Å². The smallest absolute Gasteiger partial charge is 0.337 e. The van der Waals surface area contributed by atoms with E-state index in [1.54, 1.807) is 11.0 Å². The van der Waals surface area contributed by atoms with Crippen molar-refractivity contribution >= 4 is 17.2 Å². The summed E-state index contributed by atoms with van der Waals surface area (Å²) in [6.07, 6.45) is 0.689. The van der Waals surface area contributed by atoms with Crippen LogP contribution in [0.25, 0.3) is 10.7 Å². The van der Waals surface area contributed by atoms with Crippen LogP contribution >= 0.6 is 11.3 Å². The first-order chi connectivity index (χ1) is 12.9. The highest BCUT2D eigenvalue weighted by atomic mass is 32.1. The van der Waals surface area contributed by atoms with Crippen molar-refractivity contribution in [2.45, 2.75) is 50.9 Å². The van der Waals surface area contributed by atoms with Crippen LogP contribution in [0, 0.1) is 0 Å². The summed E-state index contributed by atoms with van der Waals surface area (Å²) in [6.45, 7) is 1.40. The Hall–Kier alpha value is -1.94. The zero-order chi connectivity index (χ0) is 19.0. The van der Waals surface area contributed by atoms with E-state index in [-0.39, 0.29) is 11.7 Å². The first kappa shape index (κ1) is 18.4. The van der Waals surface area contributed by atoms with Crippen LogP contribution in [0.4, 0.5) is 13.2 Å². The van der Waals surface area contributed by atoms with Crippen LogP contribution in [0.1, 0.15) is 42.0 Å². The Balaban J connectivity index is 1.41. The molecule has 0 unspecified atom stereocenters. The molecule has 1 fully saturated rings. The van der Waals surface area contributed by atoms with Gasteiger partial charge >= 0.3 is 12.1 Å². The molecule has 0 saturated heterocycles. The summed E-state index contributed by atoms with van der Waals surface area (Å²) in [5, 5.41) is 6.76. The molecule has 1 saturated carbocycles. The van der Waals surface area contributed by atoms with Crippen LogP contribution in [0.15, 0.2) is 10.6 Å². The number of nitrogens with zero attached hydrogens (tertiary/aromatic N) is 3. The Morgan fingerprint density at radius 2 is 2.15 bits per heavy atom. The number of carbonyl (C=O) groups excluding carboxylic acids is 1. The first-order valence-corrected chi connectivity index (χ1v) is 9.76. The molecule has 1 aliphatic carbocycles. The zero-order valence-corrected chi connectivity index (χ0v) is 15.3. The molecule has 4 rings (SSSR count). The molecular weight excluding hydrogens is 381 g/mol. The van der Waals surface area contributed by atoms with Crippen molar-refractivity contribution in [1.82, 2.24) is 20.4 Å². The quantitative estimate of drug-likeness (QED) is 0.853. The second-order valence-electron chi connectivity index (χ2n) is 6.91. The van der Waals surface area contributed by atoms with Crippen molar-refractivity contribution in [2.24, 2.45) is 0 Å². The Bertz CT molecular complexity index is 827. The highest BCUT2D eigenvalue weighted by Crippen LogP contribution is 2.35. The molecule has 10 heteroatoms. The molecule has 3 heterocycles. The molecule has 27 heavy (non-hydrogen) atoms. The van der Waals surface area contributed by atoms with E-state index in [9.17, 15) is 18.0 Å². The van der Waals surface area contributed by atoms with Gasteiger partial charge in [-0.05, 0) is 30.9 Å². The minimum Gasteiger partial charge on any atom is -0.337 e. The van der Waals surface area contributed by atoms with Gasteiger partial charge in [0, 0.05) is 24.0 Å². The van der Waals surface area contributed by atoms with Gasteiger partial charge in [-0.25, -0.2) is 0 Å². The molecule has 2 aromatic rings. The molecule has 146 valence electrons. The molecular formula is C17H19F3N4O2S. The lowest BCUT2D eigenvalue weighted by Crippen LogP contribution is -2.42. The van der Waals surface area contributed by atoms with Gasteiger partial charge in [0.25, 0.3) is 0 Å². The van der Waals surface area contributed by atoms with Crippen LogP contribution < -0.4 is 5.32 Å². The van der Waals surface area contributed by atoms with Crippen molar-refractivity contribution in [3.8, 4) is 10.7 Å². The molecule has 6 nitrogen and oxygen atoms in total. The second kappa shape index (κ2) is 7.23. The van der Waals surface area contributed by atoms with Gasteiger partial charge < -0.3 is 14.7 Å². The van der Waals surface area contributed by atoms with Crippen molar-refractivity contribution in [1.29, 1.82) is 0 Å². The summed E-state index contributed by atoms with van der Waals surface area (Å²) in [4.78, 5) is 19.3. The Labute approximate surface area is 157 Å². The number of carbonyl (C=O) groups is 1. The number of hydrogen-bond acceptors (Lipinski definition) is 6. The lowest BCUT2D eigenvalue weighted by Gasteiger charge is -2.27. The minimum absolute atomic E-state index is 0.0548. The first-order valence-electron chi connectivity index (χ1n) is 8.94. The minimum atomic E-state index is -4.66. The summed E-state index contributed by atoms with van der Waals surface area (Å²) in [5.74, 6) is -1.36. The summed E-state index contributed by atoms with van der Waals surface area (Å²) in [6, 6.07) is 2.19. The van der Waals surface area contributed by atoms with E-state index in [1.165, 1.54) is 24.2 Å². The van der Waals surface area contributed by atoms with Crippen LogP contribution in [-0.2, 0) is 23.9 Å². The monoisotopic (exact) mass is 400 g/mol. The maximum atomic E-state index is 12.6. The van der Waals surface area contributed by atoms with Gasteiger partial charge in [-0.3, -0.25) is 4.79 Å². The van der Waals surface area contributed by atoms with Gasteiger partial charge in [0.05, 0.1) is 11.4 Å². The topological polar surface area (TPSA) is 71.3 Å². The predicted octanol–water partition coefficient (Wildman–Crippen LogP) is 3.23. The SMILES string of the molecule is O=C(CNC1CCCC1)N1CCc2sc(-c3noc(C(F)(F)F)n3)cc2C1. The molecule has 0 radical (unpaired) electrons. The van der Waals surface area contributed by atoms with E-state index >= 15 is 0 Å². The van der Waals surface area contributed by atoms with Gasteiger partial charge in [-0.1, -0.05) is 18.0 Å². The van der Waals surface area contributed by atoms with Crippen LogP contribution in [0.2, 0.25) is 0 Å². The standard InChI is InChI=1S/C17H19F3N4O2S/c18-17(19,20)16-22-15(23-26-16)13-7-10-9-24(6-5-12(10)27-13)14(25)8-21-11-3-1-2-4-11/h7,11,21H,1-6,8-9H2. The molecule has 0 bridgehead atoms. The highest BCUT2D eigenvalue weighted by Gasteiger charge is 2.38. The van der Waals surface area contributed by atoms with E-state index in [0.717, 1.165) is 23.3 Å². The van der Waals surface area contributed by atoms with Crippen molar-refractivity contribution in [2.75, 3.05) is 13.1 Å². The zero-order valence-electron chi connectivity index (χ0n) is 14.5. The summed E-state index contributed by atoms with van der Waals surface area (Å²) in [5.41, 5.74) is 0.939. The average molecular weight is 400 g/mol. The van der Waals surface area contributed by atoms with Crippen molar-refractivity contribution < 1.29 is 22.5 Å². The molecule has 1 aliphatic heterocycles. The molecule has 2 aliphatic rings. The third-order valence-electron chi connectivity index (χ3n) is 5.01. The van der Waals surface area contributed by atoms with Gasteiger partial charge in [-0.2, -0.15) is 18.2 Å². The summed E-state index contributed by atoms with van der Waals surface area (Å²) in [7, 11) is 0. The molecule has 0 atom stereocenters. The van der Waals surface area contributed by atoms with E-state index in [4.69, 9.17) is 0 Å². The van der Waals surface area contributed by atoms with Crippen molar-refractivity contribution in [3.63, 3.8) is 0 Å². The Morgan fingerprint density at radius 1 is 1.37 bits per heavy atom. The van der Waals surface area contributed by atoms with E-state index in [2.05, 4.69) is 20.0 Å². The Kier molecular flexibility index (Phi) is 4.94. The van der Waals surface area contributed by atoms with Gasteiger partial charge in [-0.15, -0.1) is 11.3 Å². The lowest BCUT2D eigenvalue weighted by atomic mass is 10.1. The molecule has 1 N–H and O–H groups in total. The van der Waals surface area contributed by atoms with E-state index in [0.29, 0.717) is 37.0 Å². The number of hydrogen-bond donors (Lipinski definition) is 1. The molecule has 1 amide bonds. The third kappa shape index (κ3) is 4.01. The van der Waals surface area contributed by atoms with Crippen molar-refractivity contribution in [3.05, 3.63) is 22.4 Å². The number of aromatic nitrogens is 2.